The number of nitrogens with zero attached hydrogens (tertiary/aromatic N) is 6. The molecule has 0 radical (unpaired) electrons. The lowest BCUT2D eigenvalue weighted by atomic mass is 9.76. The number of fused-ring (bicyclic) bond motifs is 12. The normalized spacial score (nSPS) is 18.9. The Morgan fingerprint density at radius 3 is 0.944 bits per heavy atom. The van der Waals surface area contributed by atoms with Crippen molar-refractivity contribution < 1.29 is 94.1 Å². The Balaban J connectivity index is 0.000000109. The molecule has 0 aromatic heterocycles. The summed E-state index contributed by atoms with van der Waals surface area (Å²) in [6, 6.07) is 23.9. The molecule has 0 bridgehead atoms. The second-order valence-electron chi connectivity index (χ2n) is 40.3. The van der Waals surface area contributed by atoms with E-state index in [0.717, 1.165) is 266 Å². The summed E-state index contributed by atoms with van der Waals surface area (Å²) in [6.07, 6.45) is 9.79. The van der Waals surface area contributed by atoms with E-state index < -0.39 is 11.6 Å². The number of hydrogen-bond donors (Lipinski definition) is 12. The van der Waals surface area contributed by atoms with Gasteiger partial charge in [-0.2, -0.15) is 0 Å². The molecule has 0 fully saturated rings. The summed E-state index contributed by atoms with van der Waals surface area (Å²) in [6.45, 7) is 16.6. The molecule has 12 aromatic rings. The average molecular weight is 2240 g/mol. The number of methoxy groups -OCH3 is 6. The SMILES string of the molecule is COc1c(O)c(Br)c2c3c1-c1cc(C)c(O)cc1CC3N(C)CC2.COc1c(O)c(Cl)c2c3c1-c1cc(C)c(O)cc1CC3N(C)CC2.COc1c(O)c(F)c2c3c1-c1cc(C)c(O)cc1CC3N(C)CC2.COc1c(O)c(I)c2c3c1-c1cc(C)c(O)cc1CC3N(C)CC2.COc1c(O)cc2c3c1-c1cc(C)c(O)c(Br)c1CC3N(C)CC2.COc1c(O)cc2c3c1-c1cc(C)c(O)c(Cl)c1CC3N(C)CC2. The molecule has 6 aliphatic heterocycles. The van der Waals surface area contributed by atoms with Gasteiger partial charge in [0.1, 0.15) is 34.5 Å². The van der Waals surface area contributed by atoms with Gasteiger partial charge in [-0.15, -0.1) is 0 Å². The molecule has 756 valence electrons. The highest BCUT2D eigenvalue weighted by atomic mass is 127. The lowest BCUT2D eigenvalue weighted by molar-refractivity contribution is 0.223. The number of ether oxygens (including phenoxy) is 6. The monoisotopic (exact) mass is 2230 g/mol. The minimum absolute atomic E-state index is 0.00907. The highest BCUT2D eigenvalue weighted by molar-refractivity contribution is 14.1. The van der Waals surface area contributed by atoms with E-state index in [1.54, 1.807) is 41.6 Å². The molecule has 12 aliphatic rings. The van der Waals surface area contributed by atoms with Crippen LogP contribution in [0.1, 0.15) is 170 Å². The number of phenolic OH excluding ortho intramolecular Hbond substituents is 12. The van der Waals surface area contributed by atoms with E-state index in [1.807, 2.05) is 115 Å². The third-order valence-electron chi connectivity index (χ3n) is 32.4. The molecule has 6 unspecified atom stereocenters. The topological polar surface area (TPSA) is 318 Å². The summed E-state index contributed by atoms with van der Waals surface area (Å²) in [4.78, 5) is 13.8. The second kappa shape index (κ2) is 39.0. The maximum Gasteiger partial charge on any atom is 0.195 e. The molecule has 24 nitrogen and oxygen atoms in total. The summed E-state index contributed by atoms with van der Waals surface area (Å²) in [5.41, 5.74) is 35.9. The third-order valence-corrected chi connectivity index (χ3v) is 36.1. The van der Waals surface area contributed by atoms with E-state index in [1.165, 1.54) is 51.6 Å². The van der Waals surface area contributed by atoms with Crippen molar-refractivity contribution in [3.8, 4) is 170 Å². The predicted molar refractivity (Wildman–Crippen MR) is 574 cm³/mol. The van der Waals surface area contributed by atoms with Crippen molar-refractivity contribution in [2.75, 3.05) is 124 Å². The summed E-state index contributed by atoms with van der Waals surface area (Å²) < 4.78 is 50.4. The highest BCUT2D eigenvalue weighted by Gasteiger charge is 2.47. The van der Waals surface area contributed by atoms with Gasteiger partial charge < -0.3 is 89.7 Å². The van der Waals surface area contributed by atoms with Crippen molar-refractivity contribution in [2.45, 2.75) is 155 Å². The maximum atomic E-state index is 14.7. The first-order valence-corrected chi connectivity index (χ1v) is 51.9. The van der Waals surface area contributed by atoms with Gasteiger partial charge >= 0.3 is 0 Å². The van der Waals surface area contributed by atoms with Crippen LogP contribution in [0.5, 0.6) is 103 Å². The minimum atomic E-state index is -0.567. The minimum Gasteiger partial charge on any atom is -0.508 e. The largest absolute Gasteiger partial charge is 0.508 e. The van der Waals surface area contributed by atoms with Crippen molar-refractivity contribution in [1.29, 1.82) is 0 Å². The molecule has 6 aliphatic carbocycles. The number of aromatic hydroxyl groups is 12. The van der Waals surface area contributed by atoms with Crippen molar-refractivity contribution in [3.05, 3.63) is 235 Å². The first-order chi connectivity index (χ1) is 68.6. The van der Waals surface area contributed by atoms with Crippen LogP contribution in [0.4, 0.5) is 4.39 Å². The van der Waals surface area contributed by atoms with Crippen LogP contribution in [0.15, 0.2) is 81.7 Å². The van der Waals surface area contributed by atoms with Crippen LogP contribution in [-0.2, 0) is 77.0 Å². The van der Waals surface area contributed by atoms with Crippen LogP contribution in [0.3, 0.4) is 0 Å². The van der Waals surface area contributed by atoms with E-state index >= 15 is 0 Å². The van der Waals surface area contributed by atoms with Gasteiger partial charge in [0.2, 0.25) is 0 Å². The predicted octanol–water partition coefficient (Wildman–Crippen LogP) is 22.6. The number of likely N-dealkylation sites (N-methyl/N-ethyl adjacent to an activating group) is 6. The van der Waals surface area contributed by atoms with Crippen molar-refractivity contribution in [2.24, 2.45) is 0 Å². The van der Waals surface area contributed by atoms with Crippen LogP contribution in [0.25, 0.3) is 66.8 Å². The van der Waals surface area contributed by atoms with E-state index in [4.69, 9.17) is 51.6 Å². The van der Waals surface area contributed by atoms with Crippen LogP contribution in [-0.4, -0.2) is 215 Å². The molecule has 0 saturated heterocycles. The van der Waals surface area contributed by atoms with Gasteiger partial charge in [0, 0.05) is 109 Å². The molecule has 12 N–H and O–H groups in total. The Morgan fingerprint density at radius 1 is 0.278 bits per heavy atom. The van der Waals surface area contributed by atoms with Crippen molar-refractivity contribution in [3.63, 3.8) is 0 Å². The molecule has 0 amide bonds. The lowest BCUT2D eigenvalue weighted by Crippen LogP contribution is -2.36. The molecule has 30 heteroatoms. The molecular formula is C114H120Br2Cl2FIN6O18. The Bertz CT molecular complexity index is 6690. The van der Waals surface area contributed by atoms with Crippen molar-refractivity contribution in [1.82, 2.24) is 29.4 Å². The molecule has 24 rings (SSSR count). The van der Waals surface area contributed by atoms with Gasteiger partial charge in [-0.25, -0.2) is 4.39 Å². The van der Waals surface area contributed by atoms with Gasteiger partial charge in [-0.3, -0.25) is 29.4 Å². The highest BCUT2D eigenvalue weighted by Crippen LogP contribution is 2.64. The van der Waals surface area contributed by atoms with Crippen LogP contribution in [0.2, 0.25) is 10.0 Å². The maximum absolute atomic E-state index is 14.7. The fraction of sp³-hybridized carbons (Fsp3) is 0.368. The lowest BCUT2D eigenvalue weighted by Gasteiger charge is -2.41. The Kier molecular flexibility index (Phi) is 27.5. The zero-order valence-corrected chi connectivity index (χ0v) is 90.7. The Hall–Kier alpha value is -11.0. The fourth-order valence-electron chi connectivity index (χ4n) is 24.7. The summed E-state index contributed by atoms with van der Waals surface area (Å²) >= 11 is 22.3. The number of phenols is 12. The number of benzene rings is 12. The average Bonchev–Trinajstić information content (AvgIpc) is 0.743. The van der Waals surface area contributed by atoms with Gasteiger partial charge in [0.05, 0.1) is 65.2 Å². The second-order valence-corrected chi connectivity index (χ2v) is 43.7. The Labute approximate surface area is 878 Å². The molecule has 12 aromatic carbocycles. The standard InChI is InChI=1S/2C19H20BrNO3.2C19H20ClNO3.C19H20FNO3.C19H20INO3/c1-9-6-12-10(8-14(9)22)7-13-15-11(4-5-21(13)2)17(20)18(23)19(24-3)16(12)15;1-9-6-11-12(17(20)18(9)23)8-13-15-10(4-5-21(13)2)7-14(22)19(24-3)16(11)15;1-9-6-12-10(8-14(9)22)7-13-15-11(4-5-21(13)2)17(20)18(23)19(24-3)16(12)15;1-9-6-11-12(17(20)18(9)23)8-13-15-10(4-5-21(13)2)7-14(22)19(24-3)16(11)15;2*1-9-6-12-10(8-14(9)22)7-13-15-11(4-5-21(13)2)17(20)18(23)19(24-3)16(12)15/h6,8,13,22-23H,4-5,7H2,1-3H3;6-7,13,22-23H,4-5,8H2,1-3H3;6,8,13,22-23H,4-5,7H2,1-3H3;6-7,13,22-23H,4-5,8H2,1-3H3;2*6,8,13,22-23H,4-5,7H2,1-3H3. The quantitative estimate of drug-likeness (QED) is 0.0688. The molecule has 0 spiro atoms. The van der Waals surface area contributed by atoms with Crippen LogP contribution < -0.4 is 28.4 Å². The number of aryl methyl sites for hydroxylation is 6. The first-order valence-electron chi connectivity index (χ1n) is 48.5. The van der Waals surface area contributed by atoms with Gasteiger partial charge in [-0.1, -0.05) is 23.2 Å². The zero-order chi connectivity index (χ0) is 103. The molecule has 0 saturated carbocycles. The third kappa shape index (κ3) is 16.4. The van der Waals surface area contributed by atoms with Crippen LogP contribution >= 0.6 is 77.7 Å². The number of rotatable bonds is 6. The molecule has 6 heterocycles. The van der Waals surface area contributed by atoms with E-state index in [9.17, 15) is 65.7 Å². The van der Waals surface area contributed by atoms with Gasteiger partial charge in [0.15, 0.2) is 74.8 Å². The van der Waals surface area contributed by atoms with Gasteiger partial charge in [0.25, 0.3) is 0 Å². The smallest absolute Gasteiger partial charge is 0.195 e. The first kappa shape index (κ1) is 102. The summed E-state index contributed by atoms with van der Waals surface area (Å²) in [5, 5.41) is 125. The number of hydrogen-bond acceptors (Lipinski definition) is 24. The molecule has 6 atom stereocenters. The molecular weight excluding hydrogens is 2120 g/mol. The Morgan fingerprint density at radius 2 is 0.549 bits per heavy atom. The van der Waals surface area contributed by atoms with E-state index in [-0.39, 0.29) is 88.0 Å². The van der Waals surface area contributed by atoms with E-state index in [2.05, 4.69) is 119 Å². The fourth-order valence-corrected chi connectivity index (χ4v) is 27.4. The van der Waals surface area contributed by atoms with E-state index in [0.29, 0.717) is 74.4 Å². The molecule has 144 heavy (non-hydrogen) atoms. The zero-order valence-electron chi connectivity index (χ0n) is 83.9. The van der Waals surface area contributed by atoms with Crippen molar-refractivity contribution >= 4 is 77.7 Å². The summed E-state index contributed by atoms with van der Waals surface area (Å²) in [7, 11) is 22.0. The van der Waals surface area contributed by atoms with Crippen LogP contribution in [0, 0.1) is 50.9 Å². The summed E-state index contributed by atoms with van der Waals surface area (Å²) in [5.74, 6) is 4.02. The van der Waals surface area contributed by atoms with Gasteiger partial charge in [-0.05, 0) is 455 Å². The number of halogens is 6.